The number of thiazole rings is 1. The molecule has 1 N–H and O–H groups in total. The van der Waals surface area contributed by atoms with E-state index in [1.54, 1.807) is 5.51 Å². The van der Waals surface area contributed by atoms with E-state index < -0.39 is 5.92 Å². The van der Waals surface area contributed by atoms with Crippen molar-refractivity contribution < 1.29 is 13.6 Å². The van der Waals surface area contributed by atoms with E-state index in [2.05, 4.69) is 10.3 Å². The van der Waals surface area contributed by atoms with Gasteiger partial charge in [0.1, 0.15) is 0 Å². The molecule has 0 bridgehead atoms. The normalized spacial score (nSPS) is 18.3. The maximum absolute atomic E-state index is 13.6. The number of hydrogen-bond acceptors (Lipinski definition) is 4. The van der Waals surface area contributed by atoms with Gasteiger partial charge in [-0.3, -0.25) is 9.69 Å². The van der Waals surface area contributed by atoms with Crippen LogP contribution in [0.4, 0.5) is 8.78 Å². The van der Waals surface area contributed by atoms with E-state index in [1.165, 1.54) is 11.3 Å². The summed E-state index contributed by atoms with van der Waals surface area (Å²) in [6, 6.07) is 5.62. The quantitative estimate of drug-likeness (QED) is 0.825. The fraction of sp³-hybridized carbons (Fsp3) is 0.500. The molecule has 1 aliphatic rings. The highest BCUT2D eigenvalue weighted by atomic mass is 32.1. The minimum absolute atomic E-state index is 0.125. The summed E-state index contributed by atoms with van der Waals surface area (Å²) in [4.78, 5) is 20.1. The maximum Gasteiger partial charge on any atom is 0.251 e. The van der Waals surface area contributed by atoms with E-state index in [1.807, 2.05) is 43.9 Å². The number of amides is 1. The molecule has 1 amide bonds. The number of aryl methyl sites for hydroxylation is 3. The molecule has 1 aromatic heterocycles. The van der Waals surface area contributed by atoms with Crippen LogP contribution in [0, 0.1) is 20.8 Å². The number of hydrogen-bond donors (Lipinski definition) is 1. The minimum Gasteiger partial charge on any atom is -0.350 e. The van der Waals surface area contributed by atoms with Crippen LogP contribution in [0.3, 0.4) is 0 Å². The second-order valence-electron chi connectivity index (χ2n) is 7.19. The summed E-state index contributed by atoms with van der Waals surface area (Å²) in [5.41, 5.74) is 5.20. The Morgan fingerprint density at radius 3 is 2.44 bits per heavy atom. The van der Waals surface area contributed by atoms with E-state index in [0.29, 0.717) is 25.2 Å². The standard InChI is InChI=1S/C20H25F2N3OS/c1-13-5-4-6-14(2)17(13)19(26)23-11-16(18-15(3)24-12-27-18)25-9-7-20(21,22)8-10-25/h4-6,12,16H,7-11H2,1-3H3,(H,23,26). The molecule has 27 heavy (non-hydrogen) atoms. The number of rotatable bonds is 5. The highest BCUT2D eigenvalue weighted by Gasteiger charge is 2.37. The van der Waals surface area contributed by atoms with Crippen molar-refractivity contribution in [2.24, 2.45) is 0 Å². The van der Waals surface area contributed by atoms with Gasteiger partial charge in [-0.1, -0.05) is 18.2 Å². The maximum atomic E-state index is 13.6. The van der Waals surface area contributed by atoms with Gasteiger partial charge in [-0.15, -0.1) is 11.3 Å². The van der Waals surface area contributed by atoms with Gasteiger partial charge in [0.05, 0.1) is 17.2 Å². The summed E-state index contributed by atoms with van der Waals surface area (Å²) in [7, 11) is 0. The molecule has 0 spiro atoms. The molecule has 0 saturated carbocycles. The molecule has 146 valence electrons. The van der Waals surface area contributed by atoms with Crippen LogP contribution in [-0.4, -0.2) is 41.3 Å². The number of carbonyl (C=O) groups is 1. The number of piperidine rings is 1. The fourth-order valence-corrected chi connectivity index (χ4v) is 4.57. The van der Waals surface area contributed by atoms with Gasteiger partial charge in [-0.25, -0.2) is 13.8 Å². The third-order valence-electron chi connectivity index (χ3n) is 5.22. The second-order valence-corrected chi connectivity index (χ2v) is 8.07. The molecule has 1 fully saturated rings. The van der Waals surface area contributed by atoms with Crippen LogP contribution in [0.25, 0.3) is 0 Å². The Labute approximate surface area is 162 Å². The topological polar surface area (TPSA) is 45.2 Å². The molecule has 1 unspecified atom stereocenters. The van der Waals surface area contributed by atoms with Gasteiger partial charge in [0, 0.05) is 42.9 Å². The Balaban J connectivity index is 1.76. The van der Waals surface area contributed by atoms with E-state index in [0.717, 1.165) is 21.7 Å². The smallest absolute Gasteiger partial charge is 0.251 e. The van der Waals surface area contributed by atoms with Crippen LogP contribution < -0.4 is 5.32 Å². The third-order valence-corrected chi connectivity index (χ3v) is 6.25. The van der Waals surface area contributed by atoms with Gasteiger partial charge < -0.3 is 5.32 Å². The molecule has 1 atom stereocenters. The van der Waals surface area contributed by atoms with Crippen LogP contribution in [0.2, 0.25) is 0 Å². The van der Waals surface area contributed by atoms with Crippen LogP contribution in [0.5, 0.6) is 0 Å². The number of aromatic nitrogens is 1. The molecule has 7 heteroatoms. The average molecular weight is 394 g/mol. The van der Waals surface area contributed by atoms with Gasteiger partial charge in [-0.2, -0.15) is 0 Å². The Morgan fingerprint density at radius 1 is 1.26 bits per heavy atom. The lowest BCUT2D eigenvalue weighted by Crippen LogP contribution is -2.45. The highest BCUT2D eigenvalue weighted by molar-refractivity contribution is 7.09. The second kappa shape index (κ2) is 8.02. The molecule has 3 rings (SSSR count). The van der Waals surface area contributed by atoms with Crippen molar-refractivity contribution in [1.82, 2.24) is 15.2 Å². The van der Waals surface area contributed by atoms with Crippen molar-refractivity contribution in [3.8, 4) is 0 Å². The summed E-state index contributed by atoms with van der Waals surface area (Å²) in [6.07, 6.45) is -0.293. The third kappa shape index (κ3) is 4.52. The zero-order valence-corrected chi connectivity index (χ0v) is 16.7. The molecule has 0 aliphatic carbocycles. The summed E-state index contributed by atoms with van der Waals surface area (Å²) >= 11 is 1.51. The van der Waals surface area contributed by atoms with Crippen molar-refractivity contribution in [2.75, 3.05) is 19.6 Å². The Kier molecular flexibility index (Phi) is 5.91. The van der Waals surface area contributed by atoms with Gasteiger partial charge in [0.25, 0.3) is 11.8 Å². The Morgan fingerprint density at radius 2 is 1.89 bits per heavy atom. The predicted molar refractivity (Wildman–Crippen MR) is 104 cm³/mol. The van der Waals surface area contributed by atoms with Gasteiger partial charge in [0.15, 0.2) is 0 Å². The molecule has 1 saturated heterocycles. The van der Waals surface area contributed by atoms with Gasteiger partial charge in [-0.05, 0) is 31.9 Å². The van der Waals surface area contributed by atoms with Crippen LogP contribution in [-0.2, 0) is 0 Å². The number of nitrogens with zero attached hydrogens (tertiary/aromatic N) is 2. The fourth-order valence-electron chi connectivity index (χ4n) is 3.63. The first-order valence-corrected chi connectivity index (χ1v) is 10.0. The van der Waals surface area contributed by atoms with Crippen molar-refractivity contribution in [2.45, 2.75) is 45.6 Å². The zero-order valence-electron chi connectivity index (χ0n) is 15.9. The zero-order chi connectivity index (χ0) is 19.6. The van der Waals surface area contributed by atoms with E-state index >= 15 is 0 Å². The molecule has 4 nitrogen and oxygen atoms in total. The van der Waals surface area contributed by atoms with Crippen LogP contribution in [0.1, 0.15) is 50.9 Å². The van der Waals surface area contributed by atoms with E-state index in [-0.39, 0.29) is 24.8 Å². The first-order chi connectivity index (χ1) is 12.8. The lowest BCUT2D eigenvalue weighted by molar-refractivity contribution is -0.0629. The highest BCUT2D eigenvalue weighted by Crippen LogP contribution is 2.34. The van der Waals surface area contributed by atoms with Crippen molar-refractivity contribution >= 4 is 17.2 Å². The lowest BCUT2D eigenvalue weighted by atomic mass is 10.0. The summed E-state index contributed by atoms with van der Waals surface area (Å²) in [5, 5.41) is 3.03. The van der Waals surface area contributed by atoms with Gasteiger partial charge >= 0.3 is 0 Å². The Hall–Kier alpha value is -1.86. The molecule has 1 aliphatic heterocycles. The lowest BCUT2D eigenvalue weighted by Gasteiger charge is -2.37. The van der Waals surface area contributed by atoms with Crippen molar-refractivity contribution in [3.05, 3.63) is 51.0 Å². The summed E-state index contributed by atoms with van der Waals surface area (Å²) in [6.45, 7) is 6.76. The number of halogens is 2. The average Bonchev–Trinajstić information content (AvgIpc) is 3.02. The van der Waals surface area contributed by atoms with Crippen molar-refractivity contribution in [1.29, 1.82) is 0 Å². The van der Waals surface area contributed by atoms with E-state index in [9.17, 15) is 13.6 Å². The largest absolute Gasteiger partial charge is 0.350 e. The molecule has 1 aromatic carbocycles. The van der Waals surface area contributed by atoms with Gasteiger partial charge in [0.2, 0.25) is 0 Å². The van der Waals surface area contributed by atoms with Crippen molar-refractivity contribution in [3.63, 3.8) is 0 Å². The summed E-state index contributed by atoms with van der Waals surface area (Å²) < 4.78 is 27.2. The Bertz CT molecular complexity index is 791. The molecular weight excluding hydrogens is 368 g/mol. The molecule has 0 radical (unpaired) electrons. The summed E-state index contributed by atoms with van der Waals surface area (Å²) in [5.74, 6) is -2.72. The van der Waals surface area contributed by atoms with Crippen LogP contribution >= 0.6 is 11.3 Å². The SMILES string of the molecule is Cc1cccc(C)c1C(=O)NCC(c1scnc1C)N1CCC(F)(F)CC1. The molecular formula is C20H25F2N3OS. The number of likely N-dealkylation sites (tertiary alicyclic amines) is 1. The van der Waals surface area contributed by atoms with E-state index in [4.69, 9.17) is 0 Å². The monoisotopic (exact) mass is 393 g/mol. The predicted octanol–water partition coefficient (Wildman–Crippen LogP) is 4.27. The minimum atomic E-state index is -2.59. The molecule has 2 aromatic rings. The number of carbonyl (C=O) groups excluding carboxylic acids is 1. The first kappa shape index (κ1) is 19.9. The number of benzene rings is 1. The number of alkyl halides is 2. The van der Waals surface area contributed by atoms with Crippen LogP contribution in [0.15, 0.2) is 23.7 Å². The number of nitrogens with one attached hydrogen (secondary N) is 1. The molecule has 2 heterocycles. The first-order valence-electron chi connectivity index (χ1n) is 9.15.